The van der Waals surface area contributed by atoms with E-state index < -0.39 is 0 Å². The van der Waals surface area contributed by atoms with Gasteiger partial charge in [0.25, 0.3) is 0 Å². The maximum Gasteiger partial charge on any atom is 0.124 e. The lowest BCUT2D eigenvalue weighted by molar-refractivity contribution is 0.141. The molecule has 1 heterocycles. The Labute approximate surface area is 123 Å². The molecule has 0 aliphatic carbocycles. The molecule has 1 aliphatic rings. The molecule has 1 unspecified atom stereocenters. The Morgan fingerprint density at radius 1 is 1.42 bits per heavy atom. The van der Waals surface area contributed by atoms with E-state index in [1.54, 1.807) is 0 Å². The number of hydrogen-bond donors (Lipinski definition) is 1. The van der Waals surface area contributed by atoms with E-state index in [9.17, 15) is 0 Å². The van der Waals surface area contributed by atoms with E-state index in [1.165, 1.54) is 5.56 Å². The number of nitrogens with one attached hydrogen (secondary N) is 1. The minimum Gasteiger partial charge on any atom is -0.488 e. The minimum absolute atomic E-state index is 0.107. The molecule has 0 saturated carbocycles. The molecular formula is C15H22BrNO2. The van der Waals surface area contributed by atoms with E-state index >= 15 is 0 Å². The van der Waals surface area contributed by atoms with Gasteiger partial charge in [-0.2, -0.15) is 0 Å². The van der Waals surface area contributed by atoms with Crippen molar-refractivity contribution in [2.24, 2.45) is 0 Å². The normalized spacial score (nSPS) is 19.7. The van der Waals surface area contributed by atoms with Crippen LogP contribution in [0.1, 0.15) is 32.8 Å². The first-order valence-corrected chi connectivity index (χ1v) is 7.51. The molecule has 1 aliphatic heterocycles. The van der Waals surface area contributed by atoms with Crippen molar-refractivity contribution in [2.75, 3.05) is 13.2 Å². The Morgan fingerprint density at radius 2 is 2.21 bits per heavy atom. The smallest absolute Gasteiger partial charge is 0.124 e. The number of benzene rings is 1. The van der Waals surface area contributed by atoms with Crippen LogP contribution < -0.4 is 10.1 Å². The maximum absolute atomic E-state index is 5.93. The second-order valence-corrected chi connectivity index (χ2v) is 6.81. The summed E-state index contributed by atoms with van der Waals surface area (Å²) in [7, 11) is 0. The van der Waals surface area contributed by atoms with Gasteiger partial charge < -0.3 is 14.8 Å². The van der Waals surface area contributed by atoms with Crippen LogP contribution in [0, 0.1) is 0 Å². The molecule has 1 atom stereocenters. The summed E-state index contributed by atoms with van der Waals surface area (Å²) >= 11 is 3.59. The van der Waals surface area contributed by atoms with Crippen LogP contribution >= 0.6 is 15.9 Å². The molecule has 1 aromatic rings. The monoisotopic (exact) mass is 327 g/mol. The summed E-state index contributed by atoms with van der Waals surface area (Å²) < 4.78 is 12.4. The molecule has 19 heavy (non-hydrogen) atoms. The predicted molar refractivity (Wildman–Crippen MR) is 80.6 cm³/mol. The van der Waals surface area contributed by atoms with Gasteiger partial charge >= 0.3 is 0 Å². The van der Waals surface area contributed by atoms with Gasteiger partial charge in [-0.25, -0.2) is 0 Å². The van der Waals surface area contributed by atoms with Crippen LogP contribution in [0.25, 0.3) is 0 Å². The predicted octanol–water partition coefficient (Wildman–Crippen LogP) is 3.50. The van der Waals surface area contributed by atoms with Crippen LogP contribution in [0.5, 0.6) is 5.75 Å². The summed E-state index contributed by atoms with van der Waals surface area (Å²) in [4.78, 5) is 0. The SMILES string of the molecule is CC(C)(C)NCc1cc(OC2CCOC2)ccc1Br. The zero-order chi connectivity index (χ0) is 13.9. The second kappa shape index (κ2) is 6.25. The third-order valence-corrected chi connectivity index (χ3v) is 3.79. The average molecular weight is 328 g/mol. The van der Waals surface area contributed by atoms with Crippen molar-refractivity contribution < 1.29 is 9.47 Å². The number of hydrogen-bond acceptors (Lipinski definition) is 3. The number of halogens is 1. The van der Waals surface area contributed by atoms with Crippen LogP contribution in [-0.2, 0) is 11.3 Å². The molecule has 2 rings (SSSR count). The van der Waals surface area contributed by atoms with Gasteiger partial charge in [0.1, 0.15) is 11.9 Å². The summed E-state index contributed by atoms with van der Waals surface area (Å²) in [6.45, 7) is 8.82. The Balaban J connectivity index is 2.01. The molecule has 1 fully saturated rings. The van der Waals surface area contributed by atoms with E-state index in [0.717, 1.165) is 29.8 Å². The van der Waals surface area contributed by atoms with Gasteiger partial charge in [0.15, 0.2) is 0 Å². The van der Waals surface area contributed by atoms with E-state index in [4.69, 9.17) is 9.47 Å². The fourth-order valence-corrected chi connectivity index (χ4v) is 2.31. The van der Waals surface area contributed by atoms with Crippen molar-refractivity contribution in [1.29, 1.82) is 0 Å². The van der Waals surface area contributed by atoms with Gasteiger partial charge in [-0.15, -0.1) is 0 Å². The zero-order valence-electron chi connectivity index (χ0n) is 11.8. The Bertz CT molecular complexity index is 423. The molecule has 0 aromatic heterocycles. The topological polar surface area (TPSA) is 30.5 Å². The van der Waals surface area contributed by atoms with Crippen molar-refractivity contribution in [3.63, 3.8) is 0 Å². The molecule has 106 valence electrons. The summed E-state index contributed by atoms with van der Waals surface area (Å²) in [5.74, 6) is 0.921. The molecule has 0 bridgehead atoms. The molecule has 1 aromatic carbocycles. The zero-order valence-corrected chi connectivity index (χ0v) is 13.4. The van der Waals surface area contributed by atoms with Gasteiger partial charge in [0, 0.05) is 23.0 Å². The lowest BCUT2D eigenvalue weighted by Gasteiger charge is -2.21. The van der Waals surface area contributed by atoms with E-state index in [-0.39, 0.29) is 11.6 Å². The average Bonchev–Trinajstić information content (AvgIpc) is 2.81. The third kappa shape index (κ3) is 4.79. The van der Waals surface area contributed by atoms with E-state index in [2.05, 4.69) is 48.1 Å². The van der Waals surface area contributed by atoms with Crippen molar-refractivity contribution in [3.8, 4) is 5.75 Å². The Kier molecular flexibility index (Phi) is 4.87. The molecule has 3 nitrogen and oxygen atoms in total. The first-order valence-electron chi connectivity index (χ1n) is 6.72. The lowest BCUT2D eigenvalue weighted by Crippen LogP contribution is -2.35. The van der Waals surface area contributed by atoms with Crippen LogP contribution in [-0.4, -0.2) is 24.9 Å². The Hall–Kier alpha value is -0.580. The fraction of sp³-hybridized carbons (Fsp3) is 0.600. The van der Waals surface area contributed by atoms with Crippen molar-refractivity contribution in [3.05, 3.63) is 28.2 Å². The van der Waals surface area contributed by atoms with Crippen LogP contribution in [0.2, 0.25) is 0 Å². The lowest BCUT2D eigenvalue weighted by atomic mass is 10.1. The first-order chi connectivity index (χ1) is 8.94. The van der Waals surface area contributed by atoms with Gasteiger partial charge in [0.2, 0.25) is 0 Å². The standard InChI is InChI=1S/C15H22BrNO2/c1-15(2,3)17-9-11-8-12(4-5-14(11)16)19-13-6-7-18-10-13/h4-5,8,13,17H,6-7,9-10H2,1-3H3. The van der Waals surface area contributed by atoms with Gasteiger partial charge in [0.05, 0.1) is 13.2 Å². The largest absolute Gasteiger partial charge is 0.488 e. The van der Waals surface area contributed by atoms with Crippen molar-refractivity contribution in [1.82, 2.24) is 5.32 Å². The second-order valence-electron chi connectivity index (χ2n) is 5.96. The molecule has 0 spiro atoms. The van der Waals surface area contributed by atoms with Gasteiger partial charge in [-0.1, -0.05) is 15.9 Å². The van der Waals surface area contributed by atoms with E-state index in [0.29, 0.717) is 6.61 Å². The number of rotatable bonds is 4. The molecule has 1 N–H and O–H groups in total. The summed E-state index contributed by atoms with van der Waals surface area (Å²) in [6.07, 6.45) is 1.18. The van der Waals surface area contributed by atoms with Crippen molar-refractivity contribution in [2.45, 2.75) is 45.4 Å². The Morgan fingerprint density at radius 3 is 2.84 bits per heavy atom. The molecule has 1 saturated heterocycles. The highest BCUT2D eigenvalue weighted by Gasteiger charge is 2.17. The van der Waals surface area contributed by atoms with Crippen LogP contribution in [0.3, 0.4) is 0 Å². The summed E-state index contributed by atoms with van der Waals surface area (Å²) in [6, 6.07) is 6.15. The molecule has 0 amide bonds. The van der Waals surface area contributed by atoms with Crippen LogP contribution in [0.15, 0.2) is 22.7 Å². The van der Waals surface area contributed by atoms with E-state index in [1.807, 2.05) is 12.1 Å². The van der Waals surface area contributed by atoms with Gasteiger partial charge in [-0.3, -0.25) is 0 Å². The minimum atomic E-state index is 0.107. The van der Waals surface area contributed by atoms with Crippen LogP contribution in [0.4, 0.5) is 0 Å². The quantitative estimate of drug-likeness (QED) is 0.918. The molecule has 4 heteroatoms. The van der Waals surface area contributed by atoms with Crippen molar-refractivity contribution >= 4 is 15.9 Å². The highest BCUT2D eigenvalue weighted by molar-refractivity contribution is 9.10. The third-order valence-electron chi connectivity index (χ3n) is 3.02. The molecule has 0 radical (unpaired) electrons. The highest BCUT2D eigenvalue weighted by atomic mass is 79.9. The fourth-order valence-electron chi connectivity index (χ4n) is 1.92. The molecular weight excluding hydrogens is 306 g/mol. The maximum atomic E-state index is 5.93. The first kappa shape index (κ1) is 14.8. The summed E-state index contributed by atoms with van der Waals surface area (Å²) in [5.41, 5.74) is 1.32. The van der Waals surface area contributed by atoms with Gasteiger partial charge in [-0.05, 0) is 44.5 Å². The number of ether oxygens (including phenoxy) is 2. The highest BCUT2D eigenvalue weighted by Crippen LogP contribution is 2.25. The summed E-state index contributed by atoms with van der Waals surface area (Å²) in [5, 5.41) is 3.49.